The molecule has 1 aromatic rings. The van der Waals surface area contributed by atoms with E-state index in [0.717, 1.165) is 11.3 Å². The Hall–Kier alpha value is -1.54. The minimum Gasteiger partial charge on any atom is -0.477 e. The van der Waals surface area contributed by atoms with Gasteiger partial charge in [0.05, 0.1) is 12.8 Å². The van der Waals surface area contributed by atoms with Gasteiger partial charge in [-0.15, -0.1) is 11.3 Å². The van der Waals surface area contributed by atoms with Crippen molar-refractivity contribution in [2.24, 2.45) is 0 Å². The smallest absolute Gasteiger partial charge is 0.348 e. The molecular formula is C9H9NO5S2. The third kappa shape index (κ3) is 4.08. The summed E-state index contributed by atoms with van der Waals surface area (Å²) in [5, 5.41) is 12.3. The van der Waals surface area contributed by atoms with Gasteiger partial charge in [-0.2, -0.15) is 0 Å². The van der Waals surface area contributed by atoms with Gasteiger partial charge in [-0.05, 0) is 11.4 Å². The predicted octanol–water partition coefficient (Wildman–Crippen LogP) is 1.88. The van der Waals surface area contributed by atoms with Crippen LogP contribution in [0.4, 0.5) is 10.5 Å². The number of thioether (sulfide) groups is 1. The summed E-state index contributed by atoms with van der Waals surface area (Å²) in [4.78, 5) is 32.9. The fourth-order valence-electron chi connectivity index (χ4n) is 0.903. The van der Waals surface area contributed by atoms with E-state index in [1.165, 1.54) is 13.2 Å². The number of hydrogen-bond donors (Lipinski definition) is 2. The lowest BCUT2D eigenvalue weighted by Gasteiger charge is -2.03. The second kappa shape index (κ2) is 6.26. The summed E-state index contributed by atoms with van der Waals surface area (Å²) in [6.45, 7) is 0. The number of aromatic carboxylic acids is 1. The van der Waals surface area contributed by atoms with E-state index in [4.69, 9.17) is 5.11 Å². The van der Waals surface area contributed by atoms with Gasteiger partial charge in [-0.3, -0.25) is 9.59 Å². The largest absolute Gasteiger partial charge is 0.477 e. The molecule has 0 unspecified atom stereocenters. The molecular weight excluding hydrogens is 266 g/mol. The molecule has 0 aliphatic rings. The topological polar surface area (TPSA) is 92.7 Å². The maximum atomic E-state index is 11.4. The molecule has 0 saturated heterocycles. The molecule has 0 aliphatic carbocycles. The van der Waals surface area contributed by atoms with Gasteiger partial charge in [0.15, 0.2) is 0 Å². The van der Waals surface area contributed by atoms with Crippen LogP contribution in [0.15, 0.2) is 11.4 Å². The van der Waals surface area contributed by atoms with Crippen LogP contribution in [0, 0.1) is 0 Å². The highest BCUT2D eigenvalue weighted by Gasteiger charge is 2.15. The molecule has 0 saturated carbocycles. The number of anilines is 1. The SMILES string of the molecule is COC(=O)CSC(=O)Nc1ccsc1C(=O)O. The Bertz CT molecular complexity index is 442. The van der Waals surface area contributed by atoms with E-state index in [1.807, 2.05) is 0 Å². The van der Waals surface area contributed by atoms with Gasteiger partial charge < -0.3 is 15.2 Å². The lowest BCUT2D eigenvalue weighted by atomic mass is 10.4. The van der Waals surface area contributed by atoms with Crippen molar-refractivity contribution in [3.05, 3.63) is 16.3 Å². The number of amides is 1. The maximum absolute atomic E-state index is 11.4. The summed E-state index contributed by atoms with van der Waals surface area (Å²) in [5.41, 5.74) is 0.227. The highest BCUT2D eigenvalue weighted by Crippen LogP contribution is 2.23. The quantitative estimate of drug-likeness (QED) is 0.815. The number of carboxylic acid groups (broad SMARTS) is 1. The number of esters is 1. The van der Waals surface area contributed by atoms with Crippen molar-refractivity contribution >= 4 is 46.0 Å². The molecule has 0 aromatic carbocycles. The molecule has 0 fully saturated rings. The number of carbonyl (C=O) groups excluding carboxylic acids is 2. The van der Waals surface area contributed by atoms with E-state index in [-0.39, 0.29) is 16.3 Å². The van der Waals surface area contributed by atoms with Crippen molar-refractivity contribution in [1.29, 1.82) is 0 Å². The molecule has 8 heteroatoms. The average Bonchev–Trinajstić information content (AvgIpc) is 2.74. The van der Waals surface area contributed by atoms with E-state index < -0.39 is 17.2 Å². The number of rotatable bonds is 4. The van der Waals surface area contributed by atoms with Gasteiger partial charge >= 0.3 is 11.9 Å². The Balaban J connectivity index is 2.53. The summed E-state index contributed by atoms with van der Waals surface area (Å²) >= 11 is 1.73. The number of carbonyl (C=O) groups is 3. The Morgan fingerprint density at radius 3 is 2.82 bits per heavy atom. The molecule has 0 aliphatic heterocycles. The van der Waals surface area contributed by atoms with E-state index in [0.29, 0.717) is 11.8 Å². The molecule has 0 spiro atoms. The van der Waals surface area contributed by atoms with Crippen LogP contribution in [-0.2, 0) is 9.53 Å². The molecule has 0 radical (unpaired) electrons. The second-order valence-electron chi connectivity index (χ2n) is 2.75. The minimum absolute atomic E-state index is 0.0528. The summed E-state index contributed by atoms with van der Waals surface area (Å²) in [6, 6.07) is 1.49. The number of hydrogen-bond acceptors (Lipinski definition) is 6. The third-order valence-electron chi connectivity index (χ3n) is 1.64. The minimum atomic E-state index is -1.10. The van der Waals surface area contributed by atoms with Crippen molar-refractivity contribution in [2.75, 3.05) is 18.2 Å². The van der Waals surface area contributed by atoms with Crippen molar-refractivity contribution in [3.8, 4) is 0 Å². The predicted molar refractivity (Wildman–Crippen MR) is 64.8 cm³/mol. The first-order chi connectivity index (χ1) is 8.04. The van der Waals surface area contributed by atoms with Gasteiger partial charge in [0.1, 0.15) is 10.6 Å². The molecule has 1 amide bonds. The van der Waals surface area contributed by atoms with Crippen LogP contribution < -0.4 is 5.32 Å². The maximum Gasteiger partial charge on any atom is 0.348 e. The monoisotopic (exact) mass is 275 g/mol. The molecule has 0 atom stereocenters. The summed E-state index contributed by atoms with van der Waals surface area (Å²) in [5.74, 6) is -1.74. The van der Waals surface area contributed by atoms with E-state index in [2.05, 4.69) is 10.1 Å². The third-order valence-corrected chi connectivity index (χ3v) is 3.29. The zero-order valence-corrected chi connectivity index (χ0v) is 10.4. The van der Waals surface area contributed by atoms with Gasteiger partial charge in [0.2, 0.25) is 0 Å². The normalized spacial score (nSPS) is 9.71. The molecule has 6 nitrogen and oxygen atoms in total. The molecule has 2 N–H and O–H groups in total. The number of thiophene rings is 1. The fraction of sp³-hybridized carbons (Fsp3) is 0.222. The first-order valence-electron chi connectivity index (χ1n) is 4.36. The summed E-state index contributed by atoms with van der Waals surface area (Å²) in [7, 11) is 1.22. The van der Waals surface area contributed by atoms with Crippen LogP contribution in [-0.4, -0.2) is 35.1 Å². The van der Waals surface area contributed by atoms with E-state index in [1.54, 1.807) is 5.38 Å². The highest BCUT2D eigenvalue weighted by atomic mass is 32.2. The number of carboxylic acids is 1. The molecule has 0 bridgehead atoms. The summed E-state index contributed by atoms with van der Waals surface area (Å²) < 4.78 is 4.37. The Labute approximate surface area is 105 Å². The lowest BCUT2D eigenvalue weighted by Crippen LogP contribution is -2.12. The first kappa shape index (κ1) is 13.5. The number of ether oxygens (including phenoxy) is 1. The van der Waals surface area contributed by atoms with Gasteiger partial charge in [0, 0.05) is 0 Å². The van der Waals surface area contributed by atoms with Crippen LogP contribution in [0.5, 0.6) is 0 Å². The molecule has 17 heavy (non-hydrogen) atoms. The van der Waals surface area contributed by atoms with Crippen LogP contribution in [0.2, 0.25) is 0 Å². The number of methoxy groups -OCH3 is 1. The average molecular weight is 275 g/mol. The van der Waals surface area contributed by atoms with Crippen LogP contribution in [0.3, 0.4) is 0 Å². The van der Waals surface area contributed by atoms with Gasteiger partial charge in [0.25, 0.3) is 5.24 Å². The molecule has 1 rings (SSSR count). The first-order valence-corrected chi connectivity index (χ1v) is 6.22. The Morgan fingerprint density at radius 1 is 1.53 bits per heavy atom. The zero-order chi connectivity index (χ0) is 12.8. The standard InChI is InChI=1S/C9H9NO5S2/c1-15-6(11)4-17-9(14)10-5-2-3-16-7(5)8(12)13/h2-3H,4H2,1H3,(H,10,14)(H,12,13). The molecule has 1 aromatic heterocycles. The van der Waals surface area contributed by atoms with E-state index in [9.17, 15) is 14.4 Å². The van der Waals surface area contributed by atoms with Gasteiger partial charge in [-0.25, -0.2) is 4.79 Å². The van der Waals surface area contributed by atoms with Crippen LogP contribution in [0.1, 0.15) is 9.67 Å². The number of nitrogens with one attached hydrogen (secondary N) is 1. The molecule has 1 heterocycles. The second-order valence-corrected chi connectivity index (χ2v) is 4.61. The fourth-order valence-corrected chi connectivity index (χ4v) is 2.14. The van der Waals surface area contributed by atoms with Crippen molar-refractivity contribution in [2.45, 2.75) is 0 Å². The van der Waals surface area contributed by atoms with Crippen molar-refractivity contribution in [1.82, 2.24) is 0 Å². The summed E-state index contributed by atoms with van der Waals surface area (Å²) in [6.07, 6.45) is 0. The highest BCUT2D eigenvalue weighted by molar-refractivity contribution is 8.14. The van der Waals surface area contributed by atoms with Crippen LogP contribution in [0.25, 0.3) is 0 Å². The van der Waals surface area contributed by atoms with Crippen LogP contribution >= 0.6 is 23.1 Å². The van der Waals surface area contributed by atoms with Crippen molar-refractivity contribution in [3.63, 3.8) is 0 Å². The van der Waals surface area contributed by atoms with Crippen molar-refractivity contribution < 1.29 is 24.2 Å². The Kier molecular flexibility index (Phi) is 4.98. The molecule has 92 valence electrons. The van der Waals surface area contributed by atoms with Gasteiger partial charge in [-0.1, -0.05) is 11.8 Å². The zero-order valence-electron chi connectivity index (χ0n) is 8.76. The lowest BCUT2D eigenvalue weighted by molar-refractivity contribution is -0.137. The Morgan fingerprint density at radius 2 is 2.24 bits per heavy atom. The van der Waals surface area contributed by atoms with E-state index >= 15 is 0 Å².